The average Bonchev–Trinajstić information content (AvgIpc) is 2.82. The molecule has 1 aliphatic rings. The molecule has 160 valence electrons. The van der Waals surface area contributed by atoms with E-state index < -0.39 is 0 Å². The standard InChI is InChI=1S/C21H29N7OS/c1-22-20(24-12-17-30-18-6-3-2-4-7-18)23-11-8-19(29)27-13-15-28(16-14-27)21-25-9-5-10-26-21/h2-7,9-10H,8,11-17H2,1H3,(H2,22,23,24). The Bertz CT molecular complexity index is 796. The zero-order chi connectivity index (χ0) is 21.0. The minimum Gasteiger partial charge on any atom is -0.356 e. The van der Waals surface area contributed by atoms with Crippen molar-refractivity contribution in [2.24, 2.45) is 4.99 Å². The van der Waals surface area contributed by atoms with Crippen molar-refractivity contribution < 1.29 is 4.79 Å². The number of aromatic nitrogens is 2. The summed E-state index contributed by atoms with van der Waals surface area (Å²) < 4.78 is 0. The number of rotatable bonds is 8. The Morgan fingerprint density at radius 1 is 1.03 bits per heavy atom. The fourth-order valence-corrected chi connectivity index (χ4v) is 3.92. The zero-order valence-corrected chi connectivity index (χ0v) is 18.1. The molecule has 0 bridgehead atoms. The lowest BCUT2D eigenvalue weighted by atomic mass is 10.3. The first kappa shape index (κ1) is 21.9. The largest absolute Gasteiger partial charge is 0.356 e. The molecule has 2 N–H and O–H groups in total. The summed E-state index contributed by atoms with van der Waals surface area (Å²) in [6.07, 6.45) is 3.93. The molecule has 0 unspecified atom stereocenters. The normalized spacial score (nSPS) is 14.5. The molecule has 2 heterocycles. The molecular weight excluding hydrogens is 398 g/mol. The summed E-state index contributed by atoms with van der Waals surface area (Å²) in [5, 5.41) is 6.51. The minimum atomic E-state index is 0.159. The number of amides is 1. The van der Waals surface area contributed by atoms with Gasteiger partial charge in [0.15, 0.2) is 5.96 Å². The van der Waals surface area contributed by atoms with Gasteiger partial charge in [0.05, 0.1) is 0 Å². The van der Waals surface area contributed by atoms with Gasteiger partial charge in [-0.2, -0.15) is 0 Å². The van der Waals surface area contributed by atoms with Crippen molar-refractivity contribution in [2.75, 3.05) is 57.0 Å². The van der Waals surface area contributed by atoms with Crippen LogP contribution in [0.15, 0.2) is 58.7 Å². The molecule has 1 aromatic carbocycles. The zero-order valence-electron chi connectivity index (χ0n) is 17.3. The summed E-state index contributed by atoms with van der Waals surface area (Å²) in [6.45, 7) is 4.27. The summed E-state index contributed by atoms with van der Waals surface area (Å²) in [6, 6.07) is 12.1. The number of piperazine rings is 1. The molecule has 1 aromatic heterocycles. The lowest BCUT2D eigenvalue weighted by Crippen LogP contribution is -2.50. The van der Waals surface area contributed by atoms with Crippen LogP contribution >= 0.6 is 11.8 Å². The number of nitrogens with zero attached hydrogens (tertiary/aromatic N) is 5. The molecule has 1 aliphatic heterocycles. The summed E-state index contributed by atoms with van der Waals surface area (Å²) in [4.78, 5) is 30.6. The van der Waals surface area contributed by atoms with E-state index in [1.54, 1.807) is 37.3 Å². The highest BCUT2D eigenvalue weighted by molar-refractivity contribution is 7.99. The molecule has 2 aromatic rings. The number of aliphatic imine (C=N–C) groups is 1. The molecule has 9 heteroatoms. The molecule has 0 radical (unpaired) electrons. The summed E-state index contributed by atoms with van der Waals surface area (Å²) >= 11 is 1.80. The smallest absolute Gasteiger partial charge is 0.225 e. The molecule has 1 fully saturated rings. The topological polar surface area (TPSA) is 85.8 Å². The number of carbonyl (C=O) groups excluding carboxylic acids is 1. The Labute approximate surface area is 182 Å². The summed E-state index contributed by atoms with van der Waals surface area (Å²) in [5.41, 5.74) is 0. The fourth-order valence-electron chi connectivity index (χ4n) is 3.13. The Kier molecular flexibility index (Phi) is 8.77. The van der Waals surface area contributed by atoms with E-state index in [-0.39, 0.29) is 5.91 Å². The highest BCUT2D eigenvalue weighted by atomic mass is 32.2. The van der Waals surface area contributed by atoms with Crippen molar-refractivity contribution in [3.63, 3.8) is 0 Å². The van der Waals surface area contributed by atoms with Crippen LogP contribution in [0.2, 0.25) is 0 Å². The first-order valence-corrected chi connectivity index (χ1v) is 11.2. The number of anilines is 1. The monoisotopic (exact) mass is 427 g/mol. The quantitative estimate of drug-likeness (QED) is 0.286. The second kappa shape index (κ2) is 12.0. The molecule has 0 aliphatic carbocycles. The summed E-state index contributed by atoms with van der Waals surface area (Å²) in [5.74, 6) is 2.55. The molecule has 0 atom stereocenters. The van der Waals surface area contributed by atoms with Crippen LogP contribution in [0.5, 0.6) is 0 Å². The minimum absolute atomic E-state index is 0.159. The van der Waals surface area contributed by atoms with E-state index in [4.69, 9.17) is 0 Å². The maximum atomic E-state index is 12.5. The van der Waals surface area contributed by atoms with E-state index in [0.717, 1.165) is 37.3 Å². The van der Waals surface area contributed by atoms with Crippen molar-refractivity contribution in [3.8, 4) is 0 Å². The first-order chi connectivity index (χ1) is 14.8. The maximum Gasteiger partial charge on any atom is 0.225 e. The van der Waals surface area contributed by atoms with Gasteiger partial charge in [0, 0.05) is 75.8 Å². The maximum absolute atomic E-state index is 12.5. The fraction of sp³-hybridized carbons (Fsp3) is 0.429. The SMILES string of the molecule is CN=C(NCCSc1ccccc1)NCCC(=O)N1CCN(c2ncccn2)CC1. The van der Waals surface area contributed by atoms with Gasteiger partial charge in [-0.25, -0.2) is 9.97 Å². The highest BCUT2D eigenvalue weighted by Crippen LogP contribution is 2.15. The van der Waals surface area contributed by atoms with Crippen LogP contribution in [-0.2, 0) is 4.79 Å². The van der Waals surface area contributed by atoms with Gasteiger partial charge in [0.1, 0.15) is 0 Å². The van der Waals surface area contributed by atoms with Gasteiger partial charge in [-0.15, -0.1) is 11.8 Å². The molecule has 1 saturated heterocycles. The highest BCUT2D eigenvalue weighted by Gasteiger charge is 2.22. The van der Waals surface area contributed by atoms with Crippen LogP contribution in [0, 0.1) is 0 Å². The van der Waals surface area contributed by atoms with Crippen LogP contribution in [0.25, 0.3) is 0 Å². The van der Waals surface area contributed by atoms with Crippen molar-refractivity contribution in [2.45, 2.75) is 11.3 Å². The average molecular weight is 428 g/mol. The first-order valence-electron chi connectivity index (χ1n) is 10.2. The Balaban J connectivity index is 1.29. The second-order valence-corrected chi connectivity index (χ2v) is 7.92. The number of benzene rings is 1. The molecule has 1 amide bonds. The predicted molar refractivity (Wildman–Crippen MR) is 122 cm³/mol. The van der Waals surface area contributed by atoms with Gasteiger partial charge in [-0.3, -0.25) is 9.79 Å². The van der Waals surface area contributed by atoms with E-state index in [1.165, 1.54) is 4.90 Å². The van der Waals surface area contributed by atoms with Gasteiger partial charge in [0.25, 0.3) is 0 Å². The van der Waals surface area contributed by atoms with Crippen LogP contribution in [0.1, 0.15) is 6.42 Å². The predicted octanol–water partition coefficient (Wildman–Crippen LogP) is 1.47. The van der Waals surface area contributed by atoms with Crippen molar-refractivity contribution in [1.82, 2.24) is 25.5 Å². The third kappa shape index (κ3) is 6.91. The van der Waals surface area contributed by atoms with Crippen LogP contribution < -0.4 is 15.5 Å². The third-order valence-corrected chi connectivity index (χ3v) is 5.74. The number of nitrogens with one attached hydrogen (secondary N) is 2. The molecule has 0 spiro atoms. The molecule has 30 heavy (non-hydrogen) atoms. The van der Waals surface area contributed by atoms with Crippen molar-refractivity contribution in [3.05, 3.63) is 48.8 Å². The van der Waals surface area contributed by atoms with Crippen LogP contribution in [-0.4, -0.2) is 78.8 Å². The van der Waals surface area contributed by atoms with Gasteiger partial charge in [-0.1, -0.05) is 18.2 Å². The number of thioether (sulfide) groups is 1. The van der Waals surface area contributed by atoms with Gasteiger partial charge < -0.3 is 20.4 Å². The van der Waals surface area contributed by atoms with Crippen LogP contribution in [0.3, 0.4) is 0 Å². The third-order valence-electron chi connectivity index (χ3n) is 4.73. The van der Waals surface area contributed by atoms with E-state index >= 15 is 0 Å². The van der Waals surface area contributed by atoms with Gasteiger partial charge >= 0.3 is 0 Å². The molecule has 3 rings (SSSR count). The number of hydrogen-bond acceptors (Lipinski definition) is 6. The lowest BCUT2D eigenvalue weighted by molar-refractivity contribution is -0.131. The number of hydrogen-bond donors (Lipinski definition) is 2. The van der Waals surface area contributed by atoms with Crippen molar-refractivity contribution in [1.29, 1.82) is 0 Å². The molecular formula is C21H29N7OS. The Morgan fingerprint density at radius 2 is 1.73 bits per heavy atom. The summed E-state index contributed by atoms with van der Waals surface area (Å²) in [7, 11) is 1.74. The van der Waals surface area contributed by atoms with E-state index in [9.17, 15) is 4.79 Å². The number of guanidine groups is 1. The molecule has 8 nitrogen and oxygen atoms in total. The second-order valence-electron chi connectivity index (χ2n) is 6.75. The molecule has 0 saturated carbocycles. The van der Waals surface area contributed by atoms with Crippen LogP contribution in [0.4, 0.5) is 5.95 Å². The Morgan fingerprint density at radius 3 is 2.43 bits per heavy atom. The number of carbonyl (C=O) groups is 1. The van der Waals surface area contributed by atoms with E-state index in [2.05, 4.69) is 42.6 Å². The van der Waals surface area contributed by atoms with Gasteiger partial charge in [-0.05, 0) is 18.2 Å². The van der Waals surface area contributed by atoms with Crippen molar-refractivity contribution >= 4 is 29.6 Å². The lowest BCUT2D eigenvalue weighted by Gasteiger charge is -2.34. The Hall–Kier alpha value is -2.81. The van der Waals surface area contributed by atoms with Gasteiger partial charge in [0.2, 0.25) is 11.9 Å². The van der Waals surface area contributed by atoms with E-state index in [0.29, 0.717) is 26.1 Å². The van der Waals surface area contributed by atoms with E-state index in [1.807, 2.05) is 23.1 Å².